The molecule has 2 unspecified atom stereocenters. The van der Waals surface area contributed by atoms with Gasteiger partial charge in [-0.15, -0.1) is 0 Å². The molecule has 0 aliphatic carbocycles. The van der Waals surface area contributed by atoms with Gasteiger partial charge in [0.1, 0.15) is 5.75 Å². The lowest BCUT2D eigenvalue weighted by molar-refractivity contribution is -0.121. The van der Waals surface area contributed by atoms with E-state index >= 15 is 0 Å². The predicted octanol–water partition coefficient (Wildman–Crippen LogP) is 2.51. The lowest BCUT2D eigenvalue weighted by Gasteiger charge is -2.21. The van der Waals surface area contributed by atoms with Crippen LogP contribution >= 0.6 is 0 Å². The van der Waals surface area contributed by atoms with Gasteiger partial charge in [-0.2, -0.15) is 0 Å². The summed E-state index contributed by atoms with van der Waals surface area (Å²) in [6.45, 7) is 3.93. The van der Waals surface area contributed by atoms with E-state index in [1.165, 1.54) is 0 Å². The van der Waals surface area contributed by atoms with Gasteiger partial charge in [0, 0.05) is 24.7 Å². The Hall–Kier alpha value is -1.55. The van der Waals surface area contributed by atoms with E-state index in [0.717, 1.165) is 24.9 Å². The highest BCUT2D eigenvalue weighted by Gasteiger charge is 2.18. The highest BCUT2D eigenvalue weighted by atomic mass is 16.3. The standard InChI is InChI=1S/C15H24N2O2/c1-11(5-4-6-12(2)16)15(19)17(3)13-7-9-14(18)10-8-13/h7-12,18H,4-6,16H2,1-3H3. The monoisotopic (exact) mass is 264 g/mol. The largest absolute Gasteiger partial charge is 0.508 e. The van der Waals surface area contributed by atoms with Crippen molar-refractivity contribution in [1.29, 1.82) is 0 Å². The van der Waals surface area contributed by atoms with Gasteiger partial charge in [-0.1, -0.05) is 13.3 Å². The van der Waals surface area contributed by atoms with E-state index in [-0.39, 0.29) is 23.6 Å². The number of phenols is 1. The summed E-state index contributed by atoms with van der Waals surface area (Å²) in [5.74, 6) is 0.280. The number of carbonyl (C=O) groups excluding carboxylic acids is 1. The minimum absolute atomic E-state index is 0.0162. The molecule has 2 atom stereocenters. The molecule has 4 nitrogen and oxygen atoms in total. The summed E-state index contributed by atoms with van der Waals surface area (Å²) in [7, 11) is 1.76. The number of anilines is 1. The van der Waals surface area contributed by atoms with E-state index in [4.69, 9.17) is 5.73 Å². The molecule has 1 rings (SSSR count). The molecule has 0 heterocycles. The summed E-state index contributed by atoms with van der Waals surface area (Å²) in [6.07, 6.45) is 2.76. The van der Waals surface area contributed by atoms with Crippen molar-refractivity contribution in [2.45, 2.75) is 39.2 Å². The minimum Gasteiger partial charge on any atom is -0.508 e. The number of aromatic hydroxyl groups is 1. The number of nitrogens with two attached hydrogens (primary N) is 1. The molecule has 0 bridgehead atoms. The Labute approximate surface area is 115 Å². The van der Waals surface area contributed by atoms with Gasteiger partial charge in [0.15, 0.2) is 0 Å². The van der Waals surface area contributed by atoms with E-state index in [1.807, 2.05) is 13.8 Å². The zero-order chi connectivity index (χ0) is 14.4. The first-order valence-corrected chi connectivity index (χ1v) is 6.74. The second kappa shape index (κ2) is 7.14. The van der Waals surface area contributed by atoms with Gasteiger partial charge in [-0.3, -0.25) is 4.79 Å². The van der Waals surface area contributed by atoms with Crippen molar-refractivity contribution in [3.05, 3.63) is 24.3 Å². The summed E-state index contributed by atoms with van der Waals surface area (Å²) in [6, 6.07) is 6.83. The smallest absolute Gasteiger partial charge is 0.229 e. The molecule has 0 aliphatic rings. The molecule has 0 fully saturated rings. The molecular formula is C15H24N2O2. The van der Waals surface area contributed by atoms with Crippen LogP contribution in [0.4, 0.5) is 5.69 Å². The van der Waals surface area contributed by atoms with Crippen LogP contribution in [0.2, 0.25) is 0 Å². The van der Waals surface area contributed by atoms with Crippen molar-refractivity contribution >= 4 is 11.6 Å². The first-order chi connectivity index (χ1) is 8.91. The SMILES string of the molecule is CC(N)CCCC(C)C(=O)N(C)c1ccc(O)cc1. The fourth-order valence-electron chi connectivity index (χ4n) is 2.00. The van der Waals surface area contributed by atoms with Gasteiger partial charge in [0.25, 0.3) is 0 Å². The van der Waals surface area contributed by atoms with Crippen LogP contribution in [0, 0.1) is 5.92 Å². The molecule has 1 aromatic carbocycles. The normalized spacial score (nSPS) is 13.9. The maximum Gasteiger partial charge on any atom is 0.229 e. The number of carbonyl (C=O) groups is 1. The van der Waals surface area contributed by atoms with Crippen molar-refractivity contribution in [2.75, 3.05) is 11.9 Å². The number of hydrogen-bond acceptors (Lipinski definition) is 3. The topological polar surface area (TPSA) is 66.6 Å². The Balaban J connectivity index is 2.53. The van der Waals surface area contributed by atoms with Crippen molar-refractivity contribution in [1.82, 2.24) is 0 Å². The lowest BCUT2D eigenvalue weighted by atomic mass is 10.0. The molecular weight excluding hydrogens is 240 g/mol. The molecule has 0 saturated carbocycles. The Morgan fingerprint density at radius 3 is 2.37 bits per heavy atom. The Morgan fingerprint density at radius 1 is 1.26 bits per heavy atom. The zero-order valence-corrected chi connectivity index (χ0v) is 12.0. The second-order valence-electron chi connectivity index (χ2n) is 5.22. The molecule has 0 saturated heterocycles. The maximum atomic E-state index is 12.2. The Kier molecular flexibility index (Phi) is 5.83. The summed E-state index contributed by atoms with van der Waals surface area (Å²) in [4.78, 5) is 13.9. The van der Waals surface area contributed by atoms with Crippen molar-refractivity contribution in [3.63, 3.8) is 0 Å². The molecule has 19 heavy (non-hydrogen) atoms. The summed E-state index contributed by atoms with van der Waals surface area (Å²) in [5, 5.41) is 9.24. The highest BCUT2D eigenvalue weighted by Crippen LogP contribution is 2.20. The molecule has 1 aromatic rings. The van der Waals surface area contributed by atoms with Gasteiger partial charge in [-0.05, 0) is 44.0 Å². The fourth-order valence-corrected chi connectivity index (χ4v) is 2.00. The Morgan fingerprint density at radius 2 is 1.84 bits per heavy atom. The molecule has 0 aliphatic heterocycles. The van der Waals surface area contributed by atoms with Crippen LogP contribution in [0.1, 0.15) is 33.1 Å². The summed E-state index contributed by atoms with van der Waals surface area (Å²) in [5.41, 5.74) is 6.49. The van der Waals surface area contributed by atoms with Crippen LogP contribution in [-0.2, 0) is 4.79 Å². The average molecular weight is 264 g/mol. The molecule has 106 valence electrons. The van der Waals surface area contributed by atoms with Crippen molar-refractivity contribution < 1.29 is 9.90 Å². The van der Waals surface area contributed by atoms with E-state index in [0.29, 0.717) is 0 Å². The van der Waals surface area contributed by atoms with Crippen molar-refractivity contribution in [3.8, 4) is 5.75 Å². The molecule has 1 amide bonds. The first-order valence-electron chi connectivity index (χ1n) is 6.74. The number of rotatable bonds is 6. The van der Waals surface area contributed by atoms with Crippen LogP contribution in [0.25, 0.3) is 0 Å². The van der Waals surface area contributed by atoms with Gasteiger partial charge in [0.05, 0.1) is 0 Å². The molecule has 0 aromatic heterocycles. The summed E-state index contributed by atoms with van der Waals surface area (Å²) >= 11 is 0. The fraction of sp³-hybridized carbons (Fsp3) is 0.533. The van der Waals surface area contributed by atoms with Crippen LogP contribution in [-0.4, -0.2) is 24.1 Å². The van der Waals surface area contributed by atoms with Crippen LogP contribution in [0.3, 0.4) is 0 Å². The van der Waals surface area contributed by atoms with E-state index in [2.05, 4.69) is 0 Å². The van der Waals surface area contributed by atoms with Gasteiger partial charge < -0.3 is 15.7 Å². The third-order valence-electron chi connectivity index (χ3n) is 3.29. The summed E-state index contributed by atoms with van der Waals surface area (Å²) < 4.78 is 0. The van der Waals surface area contributed by atoms with E-state index < -0.39 is 0 Å². The van der Waals surface area contributed by atoms with Gasteiger partial charge in [0.2, 0.25) is 5.91 Å². The third-order valence-corrected chi connectivity index (χ3v) is 3.29. The Bertz CT molecular complexity index is 401. The van der Waals surface area contributed by atoms with Gasteiger partial charge in [-0.25, -0.2) is 0 Å². The second-order valence-corrected chi connectivity index (χ2v) is 5.22. The first kappa shape index (κ1) is 15.5. The highest BCUT2D eigenvalue weighted by molar-refractivity contribution is 5.94. The molecule has 0 radical (unpaired) electrons. The van der Waals surface area contributed by atoms with Crippen LogP contribution < -0.4 is 10.6 Å². The predicted molar refractivity (Wildman–Crippen MR) is 78.2 cm³/mol. The zero-order valence-electron chi connectivity index (χ0n) is 12.0. The maximum absolute atomic E-state index is 12.2. The molecule has 4 heteroatoms. The van der Waals surface area contributed by atoms with E-state index in [1.54, 1.807) is 36.2 Å². The quantitative estimate of drug-likeness (QED) is 0.829. The number of hydrogen-bond donors (Lipinski definition) is 2. The third kappa shape index (κ3) is 4.91. The lowest BCUT2D eigenvalue weighted by Crippen LogP contribution is -2.31. The molecule has 3 N–H and O–H groups in total. The number of phenolic OH excluding ortho intramolecular Hbond substituents is 1. The van der Waals surface area contributed by atoms with Crippen molar-refractivity contribution in [2.24, 2.45) is 11.7 Å². The van der Waals surface area contributed by atoms with Crippen LogP contribution in [0.15, 0.2) is 24.3 Å². The van der Waals surface area contributed by atoms with Crippen LogP contribution in [0.5, 0.6) is 5.75 Å². The average Bonchev–Trinajstić information content (AvgIpc) is 2.37. The number of benzene rings is 1. The van der Waals surface area contributed by atoms with E-state index in [9.17, 15) is 9.90 Å². The minimum atomic E-state index is -0.0162. The number of amides is 1. The number of nitrogens with zero attached hydrogens (tertiary/aromatic N) is 1. The van der Waals surface area contributed by atoms with Gasteiger partial charge >= 0.3 is 0 Å². The molecule has 0 spiro atoms.